The van der Waals surface area contributed by atoms with Crippen molar-refractivity contribution in [2.45, 2.75) is 25.8 Å². The van der Waals surface area contributed by atoms with Gasteiger partial charge in [-0.05, 0) is 25.0 Å². The highest BCUT2D eigenvalue weighted by Crippen LogP contribution is 2.41. The minimum absolute atomic E-state index is 0.147. The lowest BCUT2D eigenvalue weighted by atomic mass is 9.68. The van der Waals surface area contributed by atoms with Gasteiger partial charge in [0.25, 0.3) is 0 Å². The number of carbonyl (C=O) groups is 1. The molecule has 0 spiro atoms. The number of aromatic nitrogens is 1. The van der Waals surface area contributed by atoms with Crippen LogP contribution in [0.3, 0.4) is 0 Å². The highest BCUT2D eigenvalue weighted by molar-refractivity contribution is 5.84. The first kappa shape index (κ1) is 14.9. The molecule has 2 rings (SSSR count). The van der Waals surface area contributed by atoms with Gasteiger partial charge in [-0.25, -0.2) is 0 Å². The molecule has 1 heterocycles. The van der Waals surface area contributed by atoms with Crippen molar-refractivity contribution in [3.63, 3.8) is 0 Å². The first-order chi connectivity index (χ1) is 9.72. The van der Waals surface area contributed by atoms with Crippen molar-refractivity contribution in [2.75, 3.05) is 26.8 Å². The maximum Gasteiger partial charge on any atom is 0.230 e. The summed E-state index contributed by atoms with van der Waals surface area (Å²) in [6.45, 7) is 2.05. The Morgan fingerprint density at radius 3 is 2.80 bits per heavy atom. The maximum absolute atomic E-state index is 12.8. The number of pyridine rings is 1. The van der Waals surface area contributed by atoms with E-state index in [1.807, 2.05) is 23.1 Å². The summed E-state index contributed by atoms with van der Waals surface area (Å²) in [7, 11) is 1.64. The van der Waals surface area contributed by atoms with Crippen LogP contribution < -0.4 is 5.73 Å². The predicted octanol–water partition coefficient (Wildman–Crippen LogP) is 1.19. The van der Waals surface area contributed by atoms with Gasteiger partial charge in [-0.2, -0.15) is 0 Å². The van der Waals surface area contributed by atoms with Crippen LogP contribution in [0.25, 0.3) is 0 Å². The van der Waals surface area contributed by atoms with Crippen LogP contribution in [-0.4, -0.2) is 42.6 Å². The zero-order valence-corrected chi connectivity index (χ0v) is 12.0. The fraction of sp³-hybridized carbons (Fsp3) is 0.600. The van der Waals surface area contributed by atoms with Gasteiger partial charge in [0.1, 0.15) is 0 Å². The number of hydrogen-bond donors (Lipinski definition) is 1. The smallest absolute Gasteiger partial charge is 0.230 e. The fourth-order valence-corrected chi connectivity index (χ4v) is 2.59. The average molecular weight is 277 g/mol. The van der Waals surface area contributed by atoms with E-state index < -0.39 is 0 Å². The zero-order valence-electron chi connectivity index (χ0n) is 12.0. The van der Waals surface area contributed by atoms with Gasteiger partial charge in [0.05, 0.1) is 24.3 Å². The molecule has 1 amide bonds. The SMILES string of the molecule is COCCN(Cc1ccccn1)C(=O)C1(CN)CCC1. The van der Waals surface area contributed by atoms with Crippen molar-refractivity contribution in [1.82, 2.24) is 9.88 Å². The first-order valence-corrected chi connectivity index (χ1v) is 7.10. The molecule has 0 aromatic carbocycles. The standard InChI is InChI=1S/C15H23N3O2/c1-20-10-9-18(11-13-5-2-3-8-17-13)14(19)15(12-16)6-4-7-15/h2-3,5,8H,4,6-7,9-12,16H2,1H3. The van der Waals surface area contributed by atoms with Crippen molar-refractivity contribution in [2.24, 2.45) is 11.1 Å². The number of rotatable bonds is 7. The Labute approximate surface area is 120 Å². The van der Waals surface area contributed by atoms with Crippen molar-refractivity contribution >= 4 is 5.91 Å². The first-order valence-electron chi connectivity index (χ1n) is 7.10. The maximum atomic E-state index is 12.8. The zero-order chi connectivity index (χ0) is 14.4. The van der Waals surface area contributed by atoms with Crippen LogP contribution in [0, 0.1) is 5.41 Å². The Morgan fingerprint density at radius 2 is 2.30 bits per heavy atom. The van der Waals surface area contributed by atoms with E-state index in [0.29, 0.717) is 26.2 Å². The summed E-state index contributed by atoms with van der Waals surface area (Å²) in [6.07, 6.45) is 4.63. The third-order valence-corrected chi connectivity index (χ3v) is 4.09. The van der Waals surface area contributed by atoms with Gasteiger partial charge < -0.3 is 15.4 Å². The third kappa shape index (κ3) is 3.16. The molecule has 5 heteroatoms. The van der Waals surface area contributed by atoms with Crippen LogP contribution in [-0.2, 0) is 16.1 Å². The highest BCUT2D eigenvalue weighted by atomic mass is 16.5. The topological polar surface area (TPSA) is 68.5 Å². The Hall–Kier alpha value is -1.46. The lowest BCUT2D eigenvalue weighted by molar-refractivity contribution is -0.148. The van der Waals surface area contributed by atoms with Crippen LogP contribution in [0.5, 0.6) is 0 Å². The largest absolute Gasteiger partial charge is 0.383 e. The van der Waals surface area contributed by atoms with Crippen LogP contribution >= 0.6 is 0 Å². The number of nitrogens with two attached hydrogens (primary N) is 1. The van der Waals surface area contributed by atoms with Crippen LogP contribution in [0.15, 0.2) is 24.4 Å². The molecule has 0 atom stereocenters. The van der Waals surface area contributed by atoms with Gasteiger partial charge in [-0.3, -0.25) is 9.78 Å². The van der Waals surface area contributed by atoms with Gasteiger partial charge in [0.15, 0.2) is 0 Å². The summed E-state index contributed by atoms with van der Waals surface area (Å²) in [6, 6.07) is 5.74. The van der Waals surface area contributed by atoms with Gasteiger partial charge >= 0.3 is 0 Å². The van der Waals surface area contributed by atoms with E-state index in [1.165, 1.54) is 0 Å². The number of amides is 1. The van der Waals surface area contributed by atoms with Gasteiger partial charge in [-0.1, -0.05) is 12.5 Å². The molecule has 110 valence electrons. The number of methoxy groups -OCH3 is 1. The Morgan fingerprint density at radius 1 is 1.50 bits per heavy atom. The Balaban J connectivity index is 2.08. The molecule has 1 fully saturated rings. The fourth-order valence-electron chi connectivity index (χ4n) is 2.59. The lowest BCUT2D eigenvalue weighted by Crippen LogP contribution is -2.52. The van der Waals surface area contributed by atoms with Crippen molar-refractivity contribution in [3.05, 3.63) is 30.1 Å². The van der Waals surface area contributed by atoms with E-state index in [0.717, 1.165) is 25.0 Å². The van der Waals surface area contributed by atoms with E-state index in [2.05, 4.69) is 4.98 Å². The molecule has 5 nitrogen and oxygen atoms in total. The molecule has 1 aliphatic rings. The second kappa shape index (κ2) is 6.81. The molecule has 0 aliphatic heterocycles. The number of carbonyl (C=O) groups excluding carboxylic acids is 1. The Bertz CT molecular complexity index is 426. The van der Waals surface area contributed by atoms with E-state index in [4.69, 9.17) is 10.5 Å². The molecule has 0 radical (unpaired) electrons. The lowest BCUT2D eigenvalue weighted by Gasteiger charge is -2.42. The normalized spacial score (nSPS) is 16.5. The molecule has 0 unspecified atom stereocenters. The Kier molecular flexibility index (Phi) is 5.09. The molecule has 1 aromatic heterocycles. The molecular formula is C15H23N3O2. The molecule has 20 heavy (non-hydrogen) atoms. The van der Waals surface area contributed by atoms with Crippen LogP contribution in [0.2, 0.25) is 0 Å². The van der Waals surface area contributed by atoms with Crippen molar-refractivity contribution in [3.8, 4) is 0 Å². The second-order valence-electron chi connectivity index (χ2n) is 5.38. The van der Waals surface area contributed by atoms with E-state index in [1.54, 1.807) is 13.3 Å². The summed E-state index contributed by atoms with van der Waals surface area (Å²) < 4.78 is 5.11. The average Bonchev–Trinajstić information content (AvgIpc) is 2.44. The van der Waals surface area contributed by atoms with E-state index >= 15 is 0 Å². The number of ether oxygens (including phenoxy) is 1. The molecule has 0 bridgehead atoms. The summed E-state index contributed by atoms with van der Waals surface area (Å²) in [5.41, 5.74) is 6.38. The molecule has 1 aromatic rings. The van der Waals surface area contributed by atoms with E-state index in [-0.39, 0.29) is 11.3 Å². The summed E-state index contributed by atoms with van der Waals surface area (Å²) in [4.78, 5) is 18.9. The minimum atomic E-state index is -0.345. The van der Waals surface area contributed by atoms with Gasteiger partial charge in [-0.15, -0.1) is 0 Å². The van der Waals surface area contributed by atoms with Gasteiger partial charge in [0.2, 0.25) is 5.91 Å². The third-order valence-electron chi connectivity index (χ3n) is 4.09. The second-order valence-corrected chi connectivity index (χ2v) is 5.38. The van der Waals surface area contributed by atoms with Crippen LogP contribution in [0.4, 0.5) is 0 Å². The highest BCUT2D eigenvalue weighted by Gasteiger charge is 2.45. The van der Waals surface area contributed by atoms with Crippen molar-refractivity contribution in [1.29, 1.82) is 0 Å². The number of nitrogens with zero attached hydrogens (tertiary/aromatic N) is 2. The molecular weight excluding hydrogens is 254 g/mol. The molecule has 1 saturated carbocycles. The molecule has 2 N–H and O–H groups in total. The summed E-state index contributed by atoms with van der Waals surface area (Å²) in [5, 5.41) is 0. The monoisotopic (exact) mass is 277 g/mol. The minimum Gasteiger partial charge on any atom is -0.383 e. The van der Waals surface area contributed by atoms with Gasteiger partial charge in [0, 0.05) is 26.4 Å². The number of hydrogen-bond acceptors (Lipinski definition) is 4. The molecule has 1 aliphatic carbocycles. The summed E-state index contributed by atoms with van der Waals surface area (Å²) >= 11 is 0. The quantitative estimate of drug-likeness (QED) is 0.812. The summed E-state index contributed by atoms with van der Waals surface area (Å²) in [5.74, 6) is 0.147. The van der Waals surface area contributed by atoms with Crippen LogP contribution in [0.1, 0.15) is 25.0 Å². The molecule has 0 saturated heterocycles. The predicted molar refractivity (Wildman–Crippen MR) is 76.9 cm³/mol. The van der Waals surface area contributed by atoms with Crippen molar-refractivity contribution < 1.29 is 9.53 Å². The van der Waals surface area contributed by atoms with E-state index in [9.17, 15) is 4.79 Å².